The normalized spacial score (nSPS) is 21.5. The Morgan fingerprint density at radius 3 is 1.30 bits per heavy atom. The van der Waals surface area contributed by atoms with Crippen LogP contribution in [0.15, 0.2) is 0 Å². The Bertz CT molecular complexity index is 231. The number of rotatable bonds is 0. The van der Waals surface area contributed by atoms with Gasteiger partial charge in [-0.15, -0.1) is 0 Å². The molecular weight excluding hydrogens is 483 g/mol. The molecule has 0 heterocycles. The van der Waals surface area contributed by atoms with Gasteiger partial charge in [-0.2, -0.15) is 0 Å². The standard InChI is InChI=1S/C9H12.C8H12.BF4.Ir/c1-7-4-5-8(2)9(3)6-7;1-2-4-6-8-7-5-3-1;2-1(3,4)5;/h4-6H,1-3H3;1-2,7-8H,3-6H2;;/q;;-1;. The molecule has 0 nitrogen and oxygen atoms in total. The zero-order valence-electron chi connectivity index (χ0n) is 13.8. The molecule has 0 aliphatic heterocycles. The Kier molecular flexibility index (Phi) is 16.5. The summed E-state index contributed by atoms with van der Waals surface area (Å²) < 4.78 is 39.0. The van der Waals surface area contributed by atoms with Crippen molar-refractivity contribution in [2.75, 3.05) is 0 Å². The van der Waals surface area contributed by atoms with E-state index in [-0.39, 0.29) is 20.1 Å². The second-order valence-electron chi connectivity index (χ2n) is 5.18. The number of halogens is 4. The van der Waals surface area contributed by atoms with Crippen LogP contribution >= 0.6 is 0 Å². The van der Waals surface area contributed by atoms with Crippen LogP contribution in [-0.2, 0) is 20.1 Å². The zero-order chi connectivity index (χ0) is 17.0. The van der Waals surface area contributed by atoms with Crippen molar-refractivity contribution in [3.05, 3.63) is 62.7 Å². The van der Waals surface area contributed by atoms with Gasteiger partial charge in [0.2, 0.25) is 0 Å². The molecule has 0 amide bonds. The first kappa shape index (κ1) is 25.7. The van der Waals surface area contributed by atoms with E-state index in [0.717, 1.165) is 0 Å². The minimum absolute atomic E-state index is 0. The van der Waals surface area contributed by atoms with Crippen LogP contribution in [0.4, 0.5) is 17.3 Å². The van der Waals surface area contributed by atoms with E-state index in [9.17, 15) is 17.3 Å². The monoisotopic (exact) mass is 508 g/mol. The number of hydrogen-bond donors (Lipinski definition) is 0. The van der Waals surface area contributed by atoms with Gasteiger partial charge in [0, 0.05) is 20.1 Å². The minimum Gasteiger partial charge on any atom is -0.418 e. The third-order valence-electron chi connectivity index (χ3n) is 3.00. The second kappa shape index (κ2) is 14.8. The molecule has 0 aromatic heterocycles. The summed E-state index contributed by atoms with van der Waals surface area (Å²) >= 11 is 0. The molecule has 0 aromatic carbocycles. The second-order valence-corrected chi connectivity index (χ2v) is 5.18. The third kappa shape index (κ3) is 20.4. The van der Waals surface area contributed by atoms with Gasteiger partial charge < -0.3 is 17.3 Å². The molecule has 0 saturated heterocycles. The van der Waals surface area contributed by atoms with Gasteiger partial charge in [0.25, 0.3) is 0 Å². The van der Waals surface area contributed by atoms with E-state index in [4.69, 9.17) is 0 Å². The summed E-state index contributed by atoms with van der Waals surface area (Å²) in [4.78, 5) is 0. The summed E-state index contributed by atoms with van der Waals surface area (Å²) in [6.45, 7) is 6.39. The quantitative estimate of drug-likeness (QED) is 0.276. The Balaban J connectivity index is 0. The summed E-state index contributed by atoms with van der Waals surface area (Å²) in [6.07, 6.45) is 20.5. The van der Waals surface area contributed by atoms with Crippen molar-refractivity contribution in [1.29, 1.82) is 0 Å². The van der Waals surface area contributed by atoms with Crippen molar-refractivity contribution < 1.29 is 37.4 Å². The third-order valence-corrected chi connectivity index (χ3v) is 3.00. The molecule has 0 bridgehead atoms. The maximum Gasteiger partial charge on any atom is 0.673 e. The summed E-state index contributed by atoms with van der Waals surface area (Å²) in [5.41, 5.74) is 0. The van der Waals surface area contributed by atoms with Crippen molar-refractivity contribution >= 4 is 7.25 Å². The Morgan fingerprint density at radius 2 is 1.04 bits per heavy atom. The summed E-state index contributed by atoms with van der Waals surface area (Å²) in [6, 6.07) is 0. The van der Waals surface area contributed by atoms with Crippen molar-refractivity contribution in [2.45, 2.75) is 46.5 Å². The first-order valence-electron chi connectivity index (χ1n) is 7.41. The van der Waals surface area contributed by atoms with Crippen LogP contribution in [0.1, 0.15) is 46.5 Å². The smallest absolute Gasteiger partial charge is 0.418 e. The van der Waals surface area contributed by atoms with E-state index in [2.05, 4.69) is 65.7 Å². The van der Waals surface area contributed by atoms with E-state index in [1.807, 2.05) is 0 Å². The molecule has 2 aliphatic rings. The molecular formula is C17H24BF4Ir-. The Labute approximate surface area is 154 Å². The molecule has 0 atom stereocenters. The summed E-state index contributed by atoms with van der Waals surface area (Å²) in [7, 11) is -6.00. The molecule has 23 heavy (non-hydrogen) atoms. The largest absolute Gasteiger partial charge is 0.673 e. The molecule has 6 heteroatoms. The molecule has 133 valence electrons. The first-order valence-corrected chi connectivity index (χ1v) is 7.41. The predicted molar refractivity (Wildman–Crippen MR) is 85.5 cm³/mol. The van der Waals surface area contributed by atoms with Gasteiger partial charge in [-0.3, -0.25) is 0 Å². The van der Waals surface area contributed by atoms with Crippen LogP contribution in [0.5, 0.6) is 0 Å². The summed E-state index contributed by atoms with van der Waals surface area (Å²) in [5.74, 6) is 4.11. The van der Waals surface area contributed by atoms with Crippen LogP contribution in [-0.4, -0.2) is 7.25 Å². The summed E-state index contributed by atoms with van der Waals surface area (Å²) in [5, 5.41) is 0. The fraction of sp³-hybridized carbons (Fsp3) is 0.412. The minimum atomic E-state index is -6.00. The molecule has 2 fully saturated rings. The molecule has 0 unspecified atom stereocenters. The fourth-order valence-corrected chi connectivity index (χ4v) is 1.75. The molecule has 0 aromatic rings. The average Bonchev–Trinajstić information content (AvgIpc) is 2.32. The molecule has 2 saturated carbocycles. The molecule has 0 spiro atoms. The zero-order valence-corrected chi connectivity index (χ0v) is 16.2. The first-order chi connectivity index (χ1) is 10.2. The fourth-order valence-electron chi connectivity index (χ4n) is 1.75. The van der Waals surface area contributed by atoms with E-state index in [0.29, 0.717) is 0 Å². The Hall–Kier alpha value is 0.434. The van der Waals surface area contributed by atoms with Crippen molar-refractivity contribution in [3.8, 4) is 0 Å². The van der Waals surface area contributed by atoms with E-state index >= 15 is 0 Å². The van der Waals surface area contributed by atoms with Crippen molar-refractivity contribution in [3.63, 3.8) is 0 Å². The van der Waals surface area contributed by atoms with Crippen LogP contribution < -0.4 is 0 Å². The van der Waals surface area contributed by atoms with Crippen LogP contribution in [0.25, 0.3) is 0 Å². The predicted octanol–water partition coefficient (Wildman–Crippen LogP) is 6.07. The number of hydrogen-bond acceptors (Lipinski definition) is 0. The Morgan fingerprint density at radius 1 is 0.696 bits per heavy atom. The van der Waals surface area contributed by atoms with E-state index in [1.165, 1.54) is 43.4 Å². The van der Waals surface area contributed by atoms with Crippen LogP contribution in [0, 0.1) is 62.7 Å². The van der Waals surface area contributed by atoms with Crippen LogP contribution in [0.2, 0.25) is 0 Å². The maximum absolute atomic E-state index is 9.75. The van der Waals surface area contributed by atoms with Gasteiger partial charge in [0.05, 0.1) is 0 Å². The average molecular weight is 507 g/mol. The van der Waals surface area contributed by atoms with Gasteiger partial charge in [-0.1, -0.05) is 20.8 Å². The van der Waals surface area contributed by atoms with Gasteiger partial charge in [-0.05, 0) is 88.4 Å². The van der Waals surface area contributed by atoms with Crippen molar-refractivity contribution in [1.82, 2.24) is 0 Å². The molecule has 0 N–H and O–H groups in total. The van der Waals surface area contributed by atoms with Crippen molar-refractivity contribution in [2.24, 2.45) is 0 Å². The van der Waals surface area contributed by atoms with Gasteiger partial charge in [0.15, 0.2) is 0 Å². The SMILES string of the molecule is C[C]1[CH][CH][C](C)[C](C)[CH]1.F[B-](F)(F)F.[CH]1[CH]CC[CH][CH]CC1.[Ir]. The molecule has 2 aliphatic carbocycles. The topological polar surface area (TPSA) is 0 Å². The van der Waals surface area contributed by atoms with Gasteiger partial charge in [-0.25, -0.2) is 0 Å². The van der Waals surface area contributed by atoms with E-state index < -0.39 is 7.25 Å². The molecule has 11 radical (unpaired) electrons. The van der Waals surface area contributed by atoms with E-state index in [1.54, 1.807) is 0 Å². The molecule has 2 rings (SSSR count). The van der Waals surface area contributed by atoms with Crippen LogP contribution in [0.3, 0.4) is 0 Å². The maximum atomic E-state index is 9.75. The van der Waals surface area contributed by atoms with Gasteiger partial charge >= 0.3 is 7.25 Å². The van der Waals surface area contributed by atoms with Gasteiger partial charge in [0.1, 0.15) is 0 Å².